The number of aliphatic hydroxyl groups is 1. The molecule has 2 aliphatic rings. The summed E-state index contributed by atoms with van der Waals surface area (Å²) in [6, 6.07) is 13.1. The number of fused-ring (bicyclic) bond motifs is 2. The molecule has 3 N–H and O–H groups in total. The molecular weight excluding hydrogens is 486 g/mol. The van der Waals surface area contributed by atoms with Crippen molar-refractivity contribution < 1.29 is 38.0 Å². The number of hydrogen-bond acceptors (Lipinski definition) is 7. The van der Waals surface area contributed by atoms with Gasteiger partial charge in [-0.05, 0) is 66.4 Å². The molecule has 37 heavy (non-hydrogen) atoms. The summed E-state index contributed by atoms with van der Waals surface area (Å²) in [5.41, 5.74) is 2.77. The van der Waals surface area contributed by atoms with Gasteiger partial charge in [-0.1, -0.05) is 18.2 Å². The van der Waals surface area contributed by atoms with Gasteiger partial charge in [-0.25, -0.2) is 4.98 Å². The molecule has 1 aliphatic heterocycles. The van der Waals surface area contributed by atoms with Crippen LogP contribution in [-0.4, -0.2) is 40.6 Å². The van der Waals surface area contributed by atoms with E-state index in [2.05, 4.69) is 14.8 Å². The monoisotopic (exact) mass is 512 g/mol. The summed E-state index contributed by atoms with van der Waals surface area (Å²) >= 11 is 0. The second-order valence-corrected chi connectivity index (χ2v) is 9.39. The zero-order chi connectivity index (χ0) is 26.5. The van der Waals surface area contributed by atoms with E-state index in [4.69, 9.17) is 9.72 Å². The molecule has 0 unspecified atom stereocenters. The third kappa shape index (κ3) is 4.42. The lowest BCUT2D eigenvalue weighted by Gasteiger charge is -2.24. The quantitative estimate of drug-likeness (QED) is 0.418. The average molecular weight is 513 g/mol. The van der Waals surface area contributed by atoms with Crippen molar-refractivity contribution >= 4 is 11.8 Å². The van der Waals surface area contributed by atoms with Crippen molar-refractivity contribution in [2.45, 2.75) is 44.6 Å². The Hall–Kier alpha value is -3.92. The summed E-state index contributed by atoms with van der Waals surface area (Å²) in [5.74, 6) is -2.78. The van der Waals surface area contributed by atoms with Crippen LogP contribution in [0.4, 0.5) is 14.6 Å². The normalized spacial score (nSPS) is 21.1. The average Bonchev–Trinajstić information content (AvgIpc) is 3.35. The van der Waals surface area contributed by atoms with Crippen LogP contribution in [-0.2, 0) is 11.4 Å². The van der Waals surface area contributed by atoms with Gasteiger partial charge in [0.1, 0.15) is 11.6 Å². The Morgan fingerprint density at radius 2 is 1.81 bits per heavy atom. The first-order chi connectivity index (χ1) is 17.6. The van der Waals surface area contributed by atoms with Crippen molar-refractivity contribution in [3.8, 4) is 17.2 Å². The Balaban J connectivity index is 1.70. The molecule has 2 heterocycles. The summed E-state index contributed by atoms with van der Waals surface area (Å²) in [6.45, 7) is 3.59. The lowest BCUT2D eigenvalue weighted by molar-refractivity contribution is -0.286. The summed E-state index contributed by atoms with van der Waals surface area (Å²) < 4.78 is 41.8. The Morgan fingerprint density at radius 3 is 2.49 bits per heavy atom. The largest absolute Gasteiger partial charge is 0.586 e. The fourth-order valence-electron chi connectivity index (χ4n) is 5.25. The van der Waals surface area contributed by atoms with Crippen molar-refractivity contribution in [1.29, 1.82) is 0 Å². The van der Waals surface area contributed by atoms with Crippen molar-refractivity contribution in [2.24, 2.45) is 5.92 Å². The van der Waals surface area contributed by atoms with E-state index in [9.17, 15) is 23.8 Å². The van der Waals surface area contributed by atoms with Crippen molar-refractivity contribution in [2.75, 3.05) is 12.4 Å². The molecule has 10 heteroatoms. The predicted molar refractivity (Wildman–Crippen MR) is 129 cm³/mol. The molecule has 0 amide bonds. The van der Waals surface area contributed by atoms with Crippen LogP contribution < -0.4 is 19.5 Å². The second kappa shape index (κ2) is 9.19. The van der Waals surface area contributed by atoms with E-state index in [1.165, 1.54) is 19.2 Å². The number of carboxylic acid groups (broad SMARTS) is 1. The first-order valence-corrected chi connectivity index (χ1v) is 11.8. The molecule has 0 radical (unpaired) electrons. The number of methoxy groups -OCH3 is 1. The molecule has 1 aromatic heterocycles. The van der Waals surface area contributed by atoms with Crippen LogP contribution in [0.3, 0.4) is 0 Å². The molecular formula is C27H26F2N2O6. The van der Waals surface area contributed by atoms with E-state index >= 15 is 0 Å². The number of pyridine rings is 1. The highest BCUT2D eigenvalue weighted by molar-refractivity contribution is 5.78. The minimum Gasteiger partial charge on any atom is -0.497 e. The van der Waals surface area contributed by atoms with Gasteiger partial charge in [0.2, 0.25) is 0 Å². The van der Waals surface area contributed by atoms with Crippen molar-refractivity contribution in [1.82, 2.24) is 4.98 Å². The molecule has 1 aliphatic carbocycles. The molecule has 3 atom stereocenters. The number of hydrogen-bond donors (Lipinski definition) is 3. The van der Waals surface area contributed by atoms with Gasteiger partial charge in [0.05, 0.1) is 25.3 Å². The van der Waals surface area contributed by atoms with E-state index in [1.54, 1.807) is 30.3 Å². The Labute approximate surface area is 211 Å². The number of carbonyl (C=O) groups is 1. The first kappa shape index (κ1) is 24.8. The number of aliphatic carboxylic acids is 1. The first-order valence-electron chi connectivity index (χ1n) is 11.8. The number of nitrogens with one attached hydrogen (secondary N) is 1. The Kier molecular flexibility index (Phi) is 6.15. The molecule has 0 saturated carbocycles. The van der Waals surface area contributed by atoms with Gasteiger partial charge in [-0.2, -0.15) is 0 Å². The minimum atomic E-state index is -3.79. The molecule has 194 valence electrons. The highest BCUT2D eigenvalue weighted by atomic mass is 19.3. The van der Waals surface area contributed by atoms with E-state index in [1.807, 2.05) is 19.9 Å². The Bertz CT molecular complexity index is 1360. The molecule has 5 rings (SSSR count). The Morgan fingerprint density at radius 1 is 1.08 bits per heavy atom. The minimum absolute atomic E-state index is 0.0842. The third-order valence-electron chi connectivity index (χ3n) is 6.67. The molecule has 8 nitrogen and oxygen atoms in total. The smallest absolute Gasteiger partial charge is 0.497 e. The lowest BCUT2D eigenvalue weighted by Crippen LogP contribution is -2.26. The maximum absolute atomic E-state index is 13.7. The van der Waals surface area contributed by atoms with E-state index in [0.29, 0.717) is 39.5 Å². The van der Waals surface area contributed by atoms with Crippen LogP contribution in [0.15, 0.2) is 48.5 Å². The third-order valence-corrected chi connectivity index (χ3v) is 6.67. The van der Waals surface area contributed by atoms with Gasteiger partial charge in [0, 0.05) is 17.9 Å². The van der Waals surface area contributed by atoms with Crippen LogP contribution in [0.1, 0.15) is 53.6 Å². The van der Waals surface area contributed by atoms with Crippen LogP contribution in [0.25, 0.3) is 0 Å². The highest BCUT2D eigenvalue weighted by Crippen LogP contribution is 2.54. The zero-order valence-corrected chi connectivity index (χ0v) is 20.4. The number of aromatic nitrogens is 1. The van der Waals surface area contributed by atoms with Crippen LogP contribution >= 0.6 is 0 Å². The molecule has 3 aromatic rings. The fourth-order valence-corrected chi connectivity index (χ4v) is 5.25. The summed E-state index contributed by atoms with van der Waals surface area (Å²) in [5, 5.41) is 23.9. The maximum atomic E-state index is 13.7. The number of anilines is 1. The molecule has 0 spiro atoms. The van der Waals surface area contributed by atoms with Crippen LogP contribution in [0.2, 0.25) is 0 Å². The molecule has 0 fully saturated rings. The second-order valence-electron chi connectivity index (χ2n) is 9.39. The van der Waals surface area contributed by atoms with E-state index in [-0.39, 0.29) is 24.1 Å². The number of nitrogens with zero attached hydrogens (tertiary/aromatic N) is 1. The van der Waals surface area contributed by atoms with Crippen molar-refractivity contribution in [3.63, 3.8) is 0 Å². The highest BCUT2D eigenvalue weighted by Gasteiger charge is 2.49. The number of rotatable bonds is 7. The number of halogens is 2. The van der Waals surface area contributed by atoms with Gasteiger partial charge in [0.15, 0.2) is 11.5 Å². The van der Waals surface area contributed by atoms with Gasteiger partial charge in [-0.15, -0.1) is 8.78 Å². The zero-order valence-electron chi connectivity index (χ0n) is 20.4. The molecule has 2 aromatic carbocycles. The van der Waals surface area contributed by atoms with E-state index < -0.39 is 30.0 Å². The number of benzene rings is 2. The summed E-state index contributed by atoms with van der Waals surface area (Å²) in [4.78, 5) is 17.7. The van der Waals surface area contributed by atoms with Gasteiger partial charge in [0.25, 0.3) is 0 Å². The number of carboxylic acids is 1. The summed E-state index contributed by atoms with van der Waals surface area (Å²) in [7, 11) is 1.51. The van der Waals surface area contributed by atoms with E-state index in [0.717, 1.165) is 0 Å². The van der Waals surface area contributed by atoms with Crippen molar-refractivity contribution in [3.05, 3.63) is 76.5 Å². The van der Waals surface area contributed by atoms with Crippen LogP contribution in [0.5, 0.6) is 17.2 Å². The topological polar surface area (TPSA) is 110 Å². The fraction of sp³-hybridized carbons (Fsp3) is 0.333. The van der Waals surface area contributed by atoms with Crippen LogP contribution in [0, 0.1) is 5.92 Å². The SMILES string of the molecule is COc1ccc([C@@H]2c3nc(NC(C)C)ccc3[C@H](c3ccc4c(c3)OC(F)(F)O4)[C@H]2C(=O)O)c(CO)c1. The van der Waals surface area contributed by atoms with Gasteiger partial charge < -0.3 is 29.7 Å². The predicted octanol–water partition coefficient (Wildman–Crippen LogP) is 4.70. The number of alkyl halides is 2. The summed E-state index contributed by atoms with van der Waals surface area (Å²) in [6.07, 6.45) is -3.79. The van der Waals surface area contributed by atoms with Gasteiger partial charge in [-0.3, -0.25) is 4.79 Å². The molecule has 0 saturated heterocycles. The maximum Gasteiger partial charge on any atom is 0.586 e. The van der Waals surface area contributed by atoms with Gasteiger partial charge >= 0.3 is 12.3 Å². The standard InChI is InChI=1S/C27H26F2N2O6/c1-13(2)30-21-9-7-18-22(14-4-8-19-20(11-14)37-27(28,29)36-19)24(26(33)34)23(25(18)31-21)17-6-5-16(35-3)10-15(17)12-32/h4-11,13,22-24,32H,12H2,1-3H3,(H,30,31)(H,33,34)/t22-,23-,24+/m0/s1. The number of ether oxygens (including phenoxy) is 3. The number of aliphatic hydroxyl groups excluding tert-OH is 1. The molecule has 0 bridgehead atoms. The lowest BCUT2D eigenvalue weighted by atomic mass is 9.79.